The molecule has 2 saturated heterocycles. The summed E-state index contributed by atoms with van der Waals surface area (Å²) < 4.78 is 20.6. The zero-order chi connectivity index (χ0) is 16.8. The fourth-order valence-electron chi connectivity index (χ4n) is 2.91. The van der Waals surface area contributed by atoms with Crippen LogP contribution in [0.4, 0.5) is 0 Å². The first-order valence-electron chi connectivity index (χ1n) is 7.03. The average molecular weight is 353 g/mol. The number of nitrogens with one attached hydrogen (secondary N) is 2. The Balaban J connectivity index is 1.67. The number of aliphatic hydroxyl groups excluding tert-OH is 2. The van der Waals surface area contributed by atoms with Crippen LogP contribution in [0.3, 0.4) is 0 Å². The maximum Gasteiger partial charge on any atom is 0.469 e. The number of phosphoric acid groups is 1. The Bertz CT molecular complexity index is 518. The Morgan fingerprint density at radius 2 is 2.13 bits per heavy atom. The summed E-state index contributed by atoms with van der Waals surface area (Å²) in [7, 11) is -4.69. The van der Waals surface area contributed by atoms with E-state index in [2.05, 4.69) is 20.1 Å². The maximum atomic E-state index is 10.7. The Morgan fingerprint density at radius 1 is 1.39 bits per heavy atom. The number of hydrogen-bond acceptors (Lipinski definition) is 10. The molecule has 3 aliphatic heterocycles. The highest BCUT2D eigenvalue weighted by Gasteiger charge is 2.50. The zero-order valence-corrected chi connectivity index (χ0v) is 12.9. The largest absolute Gasteiger partial charge is 0.469 e. The Kier molecular flexibility index (Phi) is 4.73. The summed E-state index contributed by atoms with van der Waals surface area (Å²) in [6, 6.07) is -0.290. The van der Waals surface area contributed by atoms with Gasteiger partial charge in [0.25, 0.3) is 0 Å². The highest BCUT2D eigenvalue weighted by atomic mass is 31.2. The maximum absolute atomic E-state index is 10.7. The second kappa shape index (κ2) is 6.33. The molecule has 0 aromatic carbocycles. The van der Waals surface area contributed by atoms with Crippen LogP contribution in [0.1, 0.15) is 0 Å². The molecule has 0 saturated carbocycles. The molecule has 8 N–H and O–H groups in total. The van der Waals surface area contributed by atoms with Crippen molar-refractivity contribution in [2.75, 3.05) is 13.3 Å². The SMILES string of the molecule is NC1NCNC2C1N=CN2C1OC(COP(=O)(O)O)C(O)C1O. The van der Waals surface area contributed by atoms with Crippen LogP contribution in [0, 0.1) is 0 Å². The Hall–Kier alpha value is -0.660. The van der Waals surface area contributed by atoms with Gasteiger partial charge in [-0.1, -0.05) is 0 Å². The molecule has 3 heterocycles. The highest BCUT2D eigenvalue weighted by molar-refractivity contribution is 7.46. The van der Waals surface area contributed by atoms with Crippen molar-refractivity contribution in [2.24, 2.45) is 10.7 Å². The minimum Gasteiger partial charge on any atom is -0.387 e. The number of fused-ring (bicyclic) bond motifs is 1. The van der Waals surface area contributed by atoms with Gasteiger partial charge in [0.05, 0.1) is 19.1 Å². The van der Waals surface area contributed by atoms with E-state index in [1.165, 1.54) is 6.34 Å². The Morgan fingerprint density at radius 3 is 2.83 bits per heavy atom. The second-order valence-corrected chi connectivity index (χ2v) is 6.83. The summed E-state index contributed by atoms with van der Waals surface area (Å²) >= 11 is 0. The van der Waals surface area contributed by atoms with Crippen LogP contribution >= 0.6 is 7.82 Å². The van der Waals surface area contributed by atoms with Crippen molar-refractivity contribution in [3.05, 3.63) is 0 Å². The molecular weight excluding hydrogens is 333 g/mol. The first-order valence-corrected chi connectivity index (χ1v) is 8.56. The molecule has 0 aromatic heterocycles. The summed E-state index contributed by atoms with van der Waals surface area (Å²) in [4.78, 5) is 23.3. The van der Waals surface area contributed by atoms with E-state index in [1.807, 2.05) is 0 Å². The fraction of sp³-hybridized carbons (Fsp3) is 0.900. The van der Waals surface area contributed by atoms with Gasteiger partial charge in [-0.15, -0.1) is 0 Å². The number of nitrogens with zero attached hydrogens (tertiary/aromatic N) is 2. The molecule has 2 fully saturated rings. The number of aliphatic hydroxyl groups is 2. The molecule has 13 heteroatoms. The first kappa shape index (κ1) is 17.2. The van der Waals surface area contributed by atoms with Crippen LogP contribution in [0.2, 0.25) is 0 Å². The van der Waals surface area contributed by atoms with Gasteiger partial charge in [-0.2, -0.15) is 0 Å². The Labute approximate surface area is 131 Å². The summed E-state index contributed by atoms with van der Waals surface area (Å²) in [5.74, 6) is 0. The molecule has 0 radical (unpaired) electrons. The molecule has 12 nitrogen and oxygen atoms in total. The highest BCUT2D eigenvalue weighted by Crippen LogP contribution is 2.37. The quantitative estimate of drug-likeness (QED) is 0.245. The molecule has 0 amide bonds. The van der Waals surface area contributed by atoms with E-state index < -0.39 is 39.0 Å². The average Bonchev–Trinajstić information content (AvgIpc) is 3.01. The van der Waals surface area contributed by atoms with E-state index in [-0.39, 0.29) is 18.4 Å². The van der Waals surface area contributed by atoms with Crippen molar-refractivity contribution < 1.29 is 33.8 Å². The third-order valence-electron chi connectivity index (χ3n) is 4.07. The van der Waals surface area contributed by atoms with Gasteiger partial charge in [0.2, 0.25) is 0 Å². The van der Waals surface area contributed by atoms with Crippen LogP contribution in [0.15, 0.2) is 4.99 Å². The predicted octanol–water partition coefficient (Wildman–Crippen LogP) is -3.98. The van der Waals surface area contributed by atoms with Crippen LogP contribution in [-0.2, 0) is 13.8 Å². The lowest BCUT2D eigenvalue weighted by molar-refractivity contribution is -0.0862. The fourth-order valence-corrected chi connectivity index (χ4v) is 3.25. The number of aliphatic imine (C=N–C) groups is 1. The van der Waals surface area contributed by atoms with Gasteiger partial charge >= 0.3 is 7.82 Å². The standard InChI is InChI=1S/C10H20N5O7P/c11-8-5-9(13-2-12-8)15(3-14-5)10-7(17)6(16)4(22-10)1-21-23(18,19)20/h3-10,12-13,16-17H,1-2,11H2,(H2,18,19,20). The minimum atomic E-state index is -4.69. The van der Waals surface area contributed by atoms with Crippen LogP contribution in [0.5, 0.6) is 0 Å². The van der Waals surface area contributed by atoms with Gasteiger partial charge in [-0.3, -0.25) is 20.1 Å². The van der Waals surface area contributed by atoms with Crippen molar-refractivity contribution in [3.8, 4) is 0 Å². The molecule has 3 rings (SSSR count). The van der Waals surface area contributed by atoms with Gasteiger partial charge < -0.3 is 35.4 Å². The van der Waals surface area contributed by atoms with E-state index in [1.54, 1.807) is 4.90 Å². The van der Waals surface area contributed by atoms with E-state index in [4.69, 9.17) is 20.3 Å². The van der Waals surface area contributed by atoms with Crippen molar-refractivity contribution in [1.29, 1.82) is 0 Å². The molecule has 7 unspecified atom stereocenters. The van der Waals surface area contributed by atoms with E-state index >= 15 is 0 Å². The number of rotatable bonds is 4. The molecule has 7 atom stereocenters. The molecule has 0 aliphatic carbocycles. The summed E-state index contributed by atoms with van der Waals surface area (Å²) in [6.07, 6.45) is -3.87. The van der Waals surface area contributed by atoms with E-state index in [9.17, 15) is 14.8 Å². The van der Waals surface area contributed by atoms with Gasteiger partial charge in [-0.05, 0) is 0 Å². The molecule has 132 valence electrons. The van der Waals surface area contributed by atoms with E-state index in [0.717, 1.165) is 0 Å². The lowest BCUT2D eigenvalue weighted by atomic mass is 10.1. The lowest BCUT2D eigenvalue weighted by Crippen LogP contribution is -2.67. The molecule has 0 spiro atoms. The third-order valence-corrected chi connectivity index (χ3v) is 4.56. The van der Waals surface area contributed by atoms with Crippen LogP contribution in [-0.4, -0.2) is 87.4 Å². The van der Waals surface area contributed by atoms with Gasteiger partial charge in [-0.25, -0.2) is 4.57 Å². The molecule has 3 aliphatic rings. The normalized spacial score (nSPS) is 43.9. The lowest BCUT2D eigenvalue weighted by Gasteiger charge is -2.39. The van der Waals surface area contributed by atoms with Gasteiger partial charge in [0.1, 0.15) is 30.5 Å². The molecular formula is C10H20N5O7P. The number of nitrogens with two attached hydrogens (primary N) is 1. The topological polar surface area (TPSA) is 182 Å². The van der Waals surface area contributed by atoms with E-state index in [0.29, 0.717) is 6.67 Å². The minimum absolute atomic E-state index is 0.290. The molecule has 23 heavy (non-hydrogen) atoms. The third kappa shape index (κ3) is 3.42. The smallest absolute Gasteiger partial charge is 0.387 e. The first-order chi connectivity index (χ1) is 10.8. The van der Waals surface area contributed by atoms with Crippen molar-refractivity contribution in [1.82, 2.24) is 15.5 Å². The van der Waals surface area contributed by atoms with Crippen molar-refractivity contribution in [3.63, 3.8) is 0 Å². The summed E-state index contributed by atoms with van der Waals surface area (Å²) in [5.41, 5.74) is 5.91. The monoisotopic (exact) mass is 353 g/mol. The predicted molar refractivity (Wildman–Crippen MR) is 75.7 cm³/mol. The van der Waals surface area contributed by atoms with Gasteiger partial charge in [0.15, 0.2) is 6.23 Å². The summed E-state index contributed by atoms with van der Waals surface area (Å²) in [6.45, 7) is -0.106. The zero-order valence-electron chi connectivity index (χ0n) is 12.0. The molecule has 0 aromatic rings. The second-order valence-electron chi connectivity index (χ2n) is 5.59. The number of phosphoric ester groups is 1. The van der Waals surface area contributed by atoms with Crippen LogP contribution in [0.25, 0.3) is 0 Å². The summed E-state index contributed by atoms with van der Waals surface area (Å²) in [5, 5.41) is 26.3. The van der Waals surface area contributed by atoms with Crippen molar-refractivity contribution in [2.45, 2.75) is 42.9 Å². The van der Waals surface area contributed by atoms with Gasteiger partial charge in [0, 0.05) is 6.67 Å². The molecule has 0 bridgehead atoms. The van der Waals surface area contributed by atoms with Crippen LogP contribution < -0.4 is 16.4 Å². The number of ether oxygens (including phenoxy) is 1. The van der Waals surface area contributed by atoms with Crippen molar-refractivity contribution >= 4 is 14.2 Å². The number of hydrogen-bond donors (Lipinski definition) is 7.